The summed E-state index contributed by atoms with van der Waals surface area (Å²) >= 11 is 0. The van der Waals surface area contributed by atoms with Crippen molar-refractivity contribution in [2.75, 3.05) is 4.90 Å². The second-order valence-corrected chi connectivity index (χ2v) is 7.20. The van der Waals surface area contributed by atoms with Gasteiger partial charge in [-0.3, -0.25) is 0 Å². The van der Waals surface area contributed by atoms with Gasteiger partial charge in [-0.15, -0.1) is 0 Å². The van der Waals surface area contributed by atoms with Crippen molar-refractivity contribution < 1.29 is 0 Å². The van der Waals surface area contributed by atoms with Gasteiger partial charge in [-0.05, 0) is 47.9 Å². The minimum Gasteiger partial charge on any atom is -0.310 e. The maximum Gasteiger partial charge on any atom is 0.0506 e. The minimum absolute atomic E-state index is 0.195. The lowest BCUT2D eigenvalue weighted by Gasteiger charge is -2.44. The van der Waals surface area contributed by atoms with Gasteiger partial charge in [0.05, 0.1) is 11.4 Å². The van der Waals surface area contributed by atoms with Crippen LogP contribution in [-0.2, 0) is 5.41 Å². The Morgan fingerprint density at radius 3 is 1.52 bits per heavy atom. The molecular formula is C26H21N. The van der Waals surface area contributed by atoms with Gasteiger partial charge in [0.2, 0.25) is 0 Å². The summed E-state index contributed by atoms with van der Waals surface area (Å²) in [6.07, 6.45) is 0. The Morgan fingerprint density at radius 1 is 0.519 bits per heavy atom. The average molecular weight is 347 g/mol. The van der Waals surface area contributed by atoms with Crippen molar-refractivity contribution in [3.05, 3.63) is 126 Å². The van der Waals surface area contributed by atoms with E-state index in [1.165, 1.54) is 33.8 Å². The Labute approximate surface area is 160 Å². The molecule has 0 saturated heterocycles. The van der Waals surface area contributed by atoms with Gasteiger partial charge in [0.15, 0.2) is 0 Å². The SMILES string of the molecule is CC1(c2ccccc2)c2ccccc2N(c2ccccc2)c2ccccc21. The Kier molecular flexibility index (Phi) is 3.61. The highest BCUT2D eigenvalue weighted by Crippen LogP contribution is 2.54. The molecule has 0 amide bonds. The molecule has 1 heterocycles. The summed E-state index contributed by atoms with van der Waals surface area (Å²) in [6, 6.07) is 39.1. The molecule has 1 heteroatoms. The van der Waals surface area contributed by atoms with Crippen LogP contribution in [0, 0.1) is 0 Å². The van der Waals surface area contributed by atoms with E-state index >= 15 is 0 Å². The smallest absolute Gasteiger partial charge is 0.0506 e. The summed E-state index contributed by atoms with van der Waals surface area (Å²) in [5, 5.41) is 0. The first-order valence-corrected chi connectivity index (χ1v) is 9.40. The minimum atomic E-state index is -0.195. The molecule has 0 spiro atoms. The number of nitrogens with zero attached hydrogens (tertiary/aromatic N) is 1. The summed E-state index contributed by atoms with van der Waals surface area (Å²) in [7, 11) is 0. The molecule has 1 aliphatic heterocycles. The monoisotopic (exact) mass is 347 g/mol. The quantitative estimate of drug-likeness (QED) is 0.384. The van der Waals surface area contributed by atoms with Crippen molar-refractivity contribution in [1.29, 1.82) is 0 Å². The Balaban J connectivity index is 1.86. The van der Waals surface area contributed by atoms with Crippen LogP contribution in [0.4, 0.5) is 17.1 Å². The lowest BCUT2D eigenvalue weighted by atomic mass is 9.67. The first kappa shape index (κ1) is 15.9. The van der Waals surface area contributed by atoms with Crippen LogP contribution in [0.15, 0.2) is 109 Å². The zero-order valence-corrected chi connectivity index (χ0v) is 15.3. The topological polar surface area (TPSA) is 3.24 Å². The van der Waals surface area contributed by atoms with Gasteiger partial charge in [-0.25, -0.2) is 0 Å². The Morgan fingerprint density at radius 2 is 0.963 bits per heavy atom. The molecule has 0 bridgehead atoms. The van der Waals surface area contributed by atoms with Crippen LogP contribution in [-0.4, -0.2) is 0 Å². The maximum atomic E-state index is 2.38. The van der Waals surface area contributed by atoms with Crippen LogP contribution in [0.1, 0.15) is 23.6 Å². The van der Waals surface area contributed by atoms with E-state index in [0.717, 1.165) is 0 Å². The highest BCUT2D eigenvalue weighted by molar-refractivity contribution is 5.87. The average Bonchev–Trinajstić information content (AvgIpc) is 2.75. The molecule has 4 aromatic carbocycles. The van der Waals surface area contributed by atoms with Crippen LogP contribution in [0.3, 0.4) is 0 Å². The molecule has 1 nitrogen and oxygen atoms in total. The van der Waals surface area contributed by atoms with Gasteiger partial charge in [-0.2, -0.15) is 0 Å². The van der Waals surface area contributed by atoms with E-state index in [1.807, 2.05) is 0 Å². The van der Waals surface area contributed by atoms with Crippen molar-refractivity contribution in [3.8, 4) is 0 Å². The fourth-order valence-electron chi connectivity index (χ4n) is 4.40. The van der Waals surface area contributed by atoms with Crippen molar-refractivity contribution in [3.63, 3.8) is 0 Å². The normalized spacial score (nSPS) is 14.3. The van der Waals surface area contributed by atoms with Crippen molar-refractivity contribution >= 4 is 17.1 Å². The third-order valence-corrected chi connectivity index (χ3v) is 5.73. The number of fused-ring (bicyclic) bond motifs is 2. The fourth-order valence-corrected chi connectivity index (χ4v) is 4.40. The summed E-state index contributed by atoms with van der Waals surface area (Å²) in [6.45, 7) is 2.35. The molecule has 0 fully saturated rings. The zero-order chi connectivity index (χ0) is 18.3. The van der Waals surface area contributed by atoms with Gasteiger partial charge >= 0.3 is 0 Å². The van der Waals surface area contributed by atoms with Crippen LogP contribution >= 0.6 is 0 Å². The summed E-state index contributed by atoms with van der Waals surface area (Å²) in [5.74, 6) is 0. The summed E-state index contributed by atoms with van der Waals surface area (Å²) in [5.41, 5.74) is 7.46. The van der Waals surface area contributed by atoms with Crippen LogP contribution < -0.4 is 4.90 Å². The molecule has 4 aromatic rings. The molecule has 27 heavy (non-hydrogen) atoms. The van der Waals surface area contributed by atoms with E-state index in [1.54, 1.807) is 0 Å². The van der Waals surface area contributed by atoms with Gasteiger partial charge < -0.3 is 4.90 Å². The predicted octanol–water partition coefficient (Wildman–Crippen LogP) is 6.82. The number of rotatable bonds is 2. The van der Waals surface area contributed by atoms with E-state index < -0.39 is 0 Å². The molecule has 5 rings (SSSR count). The standard InChI is InChI=1S/C26H21N/c1-26(20-12-4-2-5-13-20)22-16-8-10-18-24(22)27(21-14-6-3-7-15-21)25-19-11-9-17-23(25)26/h2-19H,1H3. The molecule has 0 aliphatic carbocycles. The van der Waals surface area contributed by atoms with Crippen LogP contribution in [0.5, 0.6) is 0 Å². The molecule has 0 unspecified atom stereocenters. The first-order valence-electron chi connectivity index (χ1n) is 9.40. The van der Waals surface area contributed by atoms with E-state index in [2.05, 4.69) is 121 Å². The predicted molar refractivity (Wildman–Crippen MR) is 113 cm³/mol. The van der Waals surface area contributed by atoms with Gasteiger partial charge in [0.25, 0.3) is 0 Å². The number of benzene rings is 4. The number of hydrogen-bond donors (Lipinski definition) is 0. The summed E-state index contributed by atoms with van der Waals surface area (Å²) < 4.78 is 0. The van der Waals surface area contributed by atoms with E-state index in [9.17, 15) is 0 Å². The molecule has 0 N–H and O–H groups in total. The van der Waals surface area contributed by atoms with Crippen LogP contribution in [0.2, 0.25) is 0 Å². The zero-order valence-electron chi connectivity index (χ0n) is 15.3. The fraction of sp³-hybridized carbons (Fsp3) is 0.0769. The molecule has 1 aliphatic rings. The molecule has 0 saturated carbocycles. The van der Waals surface area contributed by atoms with E-state index in [4.69, 9.17) is 0 Å². The van der Waals surface area contributed by atoms with Crippen LogP contribution in [0.25, 0.3) is 0 Å². The largest absolute Gasteiger partial charge is 0.310 e. The highest BCUT2D eigenvalue weighted by atomic mass is 15.2. The van der Waals surface area contributed by atoms with Gasteiger partial charge in [0, 0.05) is 11.1 Å². The van der Waals surface area contributed by atoms with E-state index in [-0.39, 0.29) is 5.41 Å². The van der Waals surface area contributed by atoms with E-state index in [0.29, 0.717) is 0 Å². The Hall–Kier alpha value is -3.32. The molecule has 130 valence electrons. The second kappa shape index (κ2) is 6.14. The van der Waals surface area contributed by atoms with Crippen molar-refractivity contribution in [2.24, 2.45) is 0 Å². The first-order chi connectivity index (χ1) is 13.3. The van der Waals surface area contributed by atoms with Crippen molar-refractivity contribution in [1.82, 2.24) is 0 Å². The molecule has 0 aromatic heterocycles. The number of para-hydroxylation sites is 3. The lowest BCUT2D eigenvalue weighted by Crippen LogP contribution is -2.34. The summed E-state index contributed by atoms with van der Waals surface area (Å²) in [4.78, 5) is 2.38. The molecule has 0 atom stereocenters. The highest BCUT2D eigenvalue weighted by Gasteiger charge is 2.40. The lowest BCUT2D eigenvalue weighted by molar-refractivity contribution is 0.681. The molecular weight excluding hydrogens is 326 g/mol. The Bertz CT molecular complexity index is 1040. The molecule has 0 radical (unpaired) electrons. The van der Waals surface area contributed by atoms with Gasteiger partial charge in [-0.1, -0.05) is 84.9 Å². The number of hydrogen-bond acceptors (Lipinski definition) is 1. The van der Waals surface area contributed by atoms with Crippen molar-refractivity contribution in [2.45, 2.75) is 12.3 Å². The second-order valence-electron chi connectivity index (χ2n) is 7.20. The third-order valence-electron chi connectivity index (χ3n) is 5.73. The van der Waals surface area contributed by atoms with Gasteiger partial charge in [0.1, 0.15) is 0 Å². The number of anilines is 3. The third kappa shape index (κ3) is 2.32. The maximum absolute atomic E-state index is 2.38.